The van der Waals surface area contributed by atoms with Crippen LogP contribution in [-0.4, -0.2) is 150 Å². The molecular formula is C52H84N6O12. The standard InChI is InChI=1S/C52H84N6O12/c1-14-16-17-20-42(60)56(11)39(27-31(5)6)47(62)55-45-34(10)69-52(67)40(28-35-21-23-36(68-13)24-22-35)57(12)51(66)38-19-18-25-58(38)50(65)37(26-30(3)4)53-49(64)46(32(7)8)70-43(61)29-41(59)44(33(9)15-2)54-48(45)63/h21-24,30-34,37-41,44-46,59H,14-20,25-29H2,1-13H3,(H,53,64)(H,54,63)(H,55,62)/t33-,34+,37-,38-,39+,40-,41-,44+,45-,46-/m0/s1. The van der Waals surface area contributed by atoms with Gasteiger partial charge in [-0.3, -0.25) is 33.6 Å². The van der Waals surface area contributed by atoms with E-state index in [9.17, 15) is 43.5 Å². The SMILES string of the molecule is CCCCCC(=O)N(C)[C@H](CC(C)C)C(=O)N[C@@H]1C(=O)N[C@H]([C@@H](C)CC)[C@@H](O)CC(=O)O[C@@H](C(C)C)C(=O)N[C@@H](CC(C)C)C(=O)N2CCC[C@H]2C(=O)N(C)[C@@H](Cc2ccc(OC)cc2)C(=O)O[C@@H]1C. The van der Waals surface area contributed by atoms with Crippen molar-refractivity contribution >= 4 is 47.4 Å². The first-order valence-electron chi connectivity index (χ1n) is 25.4. The number of ether oxygens (including phenoxy) is 3. The number of esters is 2. The third kappa shape index (κ3) is 16.7. The van der Waals surface area contributed by atoms with E-state index in [1.54, 1.807) is 52.1 Å². The van der Waals surface area contributed by atoms with Crippen molar-refractivity contribution in [3.05, 3.63) is 29.8 Å². The van der Waals surface area contributed by atoms with Crippen molar-refractivity contribution in [2.45, 2.75) is 194 Å². The monoisotopic (exact) mass is 985 g/mol. The van der Waals surface area contributed by atoms with Crippen molar-refractivity contribution in [1.82, 2.24) is 30.7 Å². The Labute approximate surface area is 416 Å². The molecule has 18 heteroatoms. The molecule has 1 aromatic rings. The fraction of sp³-hybridized carbons (Fsp3) is 0.731. The van der Waals surface area contributed by atoms with Crippen LogP contribution in [0.5, 0.6) is 5.75 Å². The molecule has 0 bridgehead atoms. The van der Waals surface area contributed by atoms with Gasteiger partial charge in [0.15, 0.2) is 6.10 Å². The number of methoxy groups -OCH3 is 1. The number of hydrogen-bond donors (Lipinski definition) is 4. The van der Waals surface area contributed by atoms with Crippen LogP contribution in [0.3, 0.4) is 0 Å². The van der Waals surface area contributed by atoms with Crippen LogP contribution in [0.15, 0.2) is 24.3 Å². The highest BCUT2D eigenvalue weighted by Crippen LogP contribution is 2.26. The highest BCUT2D eigenvalue weighted by Gasteiger charge is 2.44. The van der Waals surface area contributed by atoms with Crippen molar-refractivity contribution < 1.29 is 57.7 Å². The van der Waals surface area contributed by atoms with Gasteiger partial charge in [0, 0.05) is 33.5 Å². The van der Waals surface area contributed by atoms with E-state index in [0.717, 1.165) is 12.8 Å². The normalized spacial score (nSPS) is 25.6. The smallest absolute Gasteiger partial charge is 0.329 e. The van der Waals surface area contributed by atoms with Crippen LogP contribution >= 0.6 is 0 Å². The summed E-state index contributed by atoms with van der Waals surface area (Å²) in [4.78, 5) is 118. The van der Waals surface area contributed by atoms with Crippen LogP contribution in [-0.2, 0) is 54.3 Å². The largest absolute Gasteiger partial charge is 0.497 e. The Balaban J connectivity index is 2.25. The fourth-order valence-electron chi connectivity index (χ4n) is 9.03. The lowest BCUT2D eigenvalue weighted by atomic mass is 9.92. The van der Waals surface area contributed by atoms with Gasteiger partial charge in [0.1, 0.15) is 42.1 Å². The summed E-state index contributed by atoms with van der Waals surface area (Å²) in [6, 6.07) is -0.284. The first-order valence-corrected chi connectivity index (χ1v) is 25.4. The average molecular weight is 985 g/mol. The highest BCUT2D eigenvalue weighted by atomic mass is 16.6. The minimum absolute atomic E-state index is 0.0536. The number of benzene rings is 1. The molecule has 2 heterocycles. The minimum Gasteiger partial charge on any atom is -0.497 e. The number of cyclic esters (lactones) is 2. The molecular weight excluding hydrogens is 901 g/mol. The van der Waals surface area contributed by atoms with Gasteiger partial charge >= 0.3 is 11.9 Å². The molecule has 70 heavy (non-hydrogen) atoms. The molecule has 2 aliphatic rings. The fourth-order valence-corrected chi connectivity index (χ4v) is 9.03. The highest BCUT2D eigenvalue weighted by molar-refractivity contribution is 5.96. The van der Waals surface area contributed by atoms with Gasteiger partial charge < -0.3 is 50.0 Å². The van der Waals surface area contributed by atoms with Gasteiger partial charge in [-0.15, -0.1) is 0 Å². The Morgan fingerprint density at radius 3 is 2.14 bits per heavy atom. The lowest BCUT2D eigenvalue weighted by Crippen LogP contribution is -2.61. The molecule has 2 aliphatic heterocycles. The summed E-state index contributed by atoms with van der Waals surface area (Å²) in [6.45, 7) is 18.2. The van der Waals surface area contributed by atoms with E-state index in [1.807, 2.05) is 41.5 Å². The summed E-state index contributed by atoms with van der Waals surface area (Å²) in [5.74, 6) is -6.03. The number of nitrogens with zero attached hydrogens (tertiary/aromatic N) is 3. The van der Waals surface area contributed by atoms with Crippen LogP contribution in [0.2, 0.25) is 0 Å². The number of carbonyl (C=O) groups excluding carboxylic acids is 8. The van der Waals surface area contributed by atoms with Crippen LogP contribution in [0.4, 0.5) is 0 Å². The Morgan fingerprint density at radius 1 is 0.914 bits per heavy atom. The van der Waals surface area contributed by atoms with Crippen LogP contribution in [0.25, 0.3) is 0 Å². The summed E-state index contributed by atoms with van der Waals surface area (Å²) in [5, 5.41) is 20.1. The molecule has 394 valence electrons. The summed E-state index contributed by atoms with van der Waals surface area (Å²) < 4.78 is 17.2. The molecule has 1 aromatic carbocycles. The van der Waals surface area contributed by atoms with Gasteiger partial charge in [-0.2, -0.15) is 0 Å². The van der Waals surface area contributed by atoms with Crippen molar-refractivity contribution in [2.24, 2.45) is 23.7 Å². The maximum Gasteiger partial charge on any atom is 0.329 e. The predicted molar refractivity (Wildman–Crippen MR) is 264 cm³/mol. The third-order valence-corrected chi connectivity index (χ3v) is 13.5. The van der Waals surface area contributed by atoms with E-state index in [2.05, 4.69) is 16.0 Å². The van der Waals surface area contributed by atoms with Gasteiger partial charge in [-0.25, -0.2) is 4.79 Å². The summed E-state index contributed by atoms with van der Waals surface area (Å²) in [5.41, 5.74) is 0.632. The third-order valence-electron chi connectivity index (χ3n) is 13.5. The molecule has 2 fully saturated rings. The number of fused-ring (bicyclic) bond motifs is 1. The molecule has 6 amide bonds. The van der Waals surface area contributed by atoms with Gasteiger partial charge in [0.05, 0.1) is 25.7 Å². The molecule has 0 saturated carbocycles. The van der Waals surface area contributed by atoms with Gasteiger partial charge in [0.2, 0.25) is 29.5 Å². The first kappa shape index (κ1) is 59.1. The zero-order valence-corrected chi connectivity index (χ0v) is 44.1. The number of nitrogens with one attached hydrogen (secondary N) is 3. The van der Waals surface area contributed by atoms with Gasteiger partial charge in [-0.05, 0) is 80.4 Å². The minimum atomic E-state index is -1.62. The second-order valence-electron chi connectivity index (χ2n) is 20.5. The molecule has 3 rings (SSSR count). The number of hydrogen-bond acceptors (Lipinski definition) is 12. The maximum absolute atomic E-state index is 14.8. The van der Waals surface area contributed by atoms with Gasteiger partial charge in [-0.1, -0.05) is 93.7 Å². The summed E-state index contributed by atoms with van der Waals surface area (Å²) in [6.07, 6.45) is -0.849. The van der Waals surface area contributed by atoms with Crippen LogP contribution in [0, 0.1) is 23.7 Å². The van der Waals surface area contributed by atoms with Gasteiger partial charge in [0.25, 0.3) is 5.91 Å². The number of unbranched alkanes of at least 4 members (excludes halogenated alkanes) is 2. The van der Waals surface area contributed by atoms with E-state index in [1.165, 1.54) is 35.8 Å². The molecule has 18 nitrogen and oxygen atoms in total. The van der Waals surface area contributed by atoms with Crippen molar-refractivity contribution in [1.29, 1.82) is 0 Å². The summed E-state index contributed by atoms with van der Waals surface area (Å²) >= 11 is 0. The molecule has 0 spiro atoms. The van der Waals surface area contributed by atoms with Crippen LogP contribution < -0.4 is 20.7 Å². The second kappa shape index (κ2) is 28.0. The number of rotatable bonds is 17. The predicted octanol–water partition coefficient (Wildman–Crippen LogP) is 4.32. The zero-order valence-electron chi connectivity index (χ0n) is 44.1. The molecule has 0 aromatic heterocycles. The number of amides is 6. The van der Waals surface area contributed by atoms with E-state index < -0.39 is 114 Å². The molecule has 0 radical (unpaired) electrons. The van der Waals surface area contributed by atoms with E-state index in [0.29, 0.717) is 30.6 Å². The average Bonchev–Trinajstić information content (AvgIpc) is 3.80. The maximum atomic E-state index is 14.8. The molecule has 0 aliphatic carbocycles. The lowest BCUT2D eigenvalue weighted by molar-refractivity contribution is -0.162. The number of aliphatic hydroxyl groups excluding tert-OH is 1. The van der Waals surface area contributed by atoms with Crippen LogP contribution in [0.1, 0.15) is 139 Å². The molecule has 0 unspecified atom stereocenters. The van der Waals surface area contributed by atoms with E-state index in [4.69, 9.17) is 14.2 Å². The van der Waals surface area contributed by atoms with Crippen molar-refractivity contribution in [3.8, 4) is 5.75 Å². The molecule has 10 atom stereocenters. The summed E-state index contributed by atoms with van der Waals surface area (Å²) in [7, 11) is 4.51. The number of aliphatic hydroxyl groups is 1. The first-order chi connectivity index (χ1) is 32.9. The number of likely N-dealkylation sites (N-methyl/N-ethyl adjacent to an activating group) is 2. The van der Waals surface area contributed by atoms with Crippen molar-refractivity contribution in [3.63, 3.8) is 0 Å². The van der Waals surface area contributed by atoms with Crippen molar-refractivity contribution in [2.75, 3.05) is 27.7 Å². The Morgan fingerprint density at radius 2 is 1.57 bits per heavy atom. The van der Waals surface area contributed by atoms with E-state index in [-0.39, 0.29) is 56.4 Å². The second-order valence-corrected chi connectivity index (χ2v) is 20.5. The molecule has 4 N–H and O–H groups in total. The molecule has 2 saturated heterocycles. The Hall–Kier alpha value is -5.26. The van der Waals surface area contributed by atoms with E-state index >= 15 is 0 Å². The Bertz CT molecular complexity index is 1930. The lowest BCUT2D eigenvalue weighted by Gasteiger charge is -2.36. The topological polar surface area (TPSA) is 230 Å². The number of carbonyl (C=O) groups is 8. The zero-order chi connectivity index (χ0) is 52.6. The quantitative estimate of drug-likeness (QED) is 0.126. The Kier molecular flexibility index (Phi) is 23.6.